The molecular formula is C25H29Cl3O7. The number of aliphatic hydroxyl groups is 1. The lowest BCUT2D eigenvalue weighted by Crippen LogP contribution is -2.27. The van der Waals surface area contributed by atoms with Crippen molar-refractivity contribution in [3.8, 4) is 11.5 Å². The van der Waals surface area contributed by atoms with Gasteiger partial charge in [0.15, 0.2) is 11.9 Å². The van der Waals surface area contributed by atoms with E-state index in [0.717, 1.165) is 11.1 Å². The van der Waals surface area contributed by atoms with Gasteiger partial charge >= 0.3 is 11.9 Å². The second-order valence-electron chi connectivity index (χ2n) is 8.34. The predicted octanol–water partition coefficient (Wildman–Crippen LogP) is 5.17. The summed E-state index contributed by atoms with van der Waals surface area (Å²) in [6.07, 6.45) is -1.36. The van der Waals surface area contributed by atoms with Gasteiger partial charge in [0.25, 0.3) is 0 Å². The summed E-state index contributed by atoms with van der Waals surface area (Å²) in [6, 6.07) is 11.0. The molecule has 1 N–H and O–H groups in total. The van der Waals surface area contributed by atoms with Gasteiger partial charge in [0, 0.05) is 19.3 Å². The second-order valence-corrected chi connectivity index (χ2v) is 9.46. The SMILES string of the molecule is CC(=O)O[C@H](CO)COc1ccc(C(C)(C)c2cc(Cl)c(OC[C@@H](CCl)OC(C)=O)c(Cl)c2)cc1. The van der Waals surface area contributed by atoms with Crippen LogP contribution in [0.25, 0.3) is 0 Å². The van der Waals surface area contributed by atoms with Gasteiger partial charge in [-0.15, -0.1) is 11.6 Å². The molecule has 0 unspecified atom stereocenters. The summed E-state index contributed by atoms with van der Waals surface area (Å²) in [5.74, 6) is -0.0182. The number of rotatable bonds is 12. The van der Waals surface area contributed by atoms with E-state index in [-0.39, 0.29) is 31.5 Å². The van der Waals surface area contributed by atoms with Gasteiger partial charge in [-0.1, -0.05) is 49.2 Å². The molecule has 0 aliphatic rings. The molecule has 2 atom stereocenters. The fourth-order valence-corrected chi connectivity index (χ4v) is 4.01. The number of carbonyl (C=O) groups excluding carboxylic acids is 2. The van der Waals surface area contributed by atoms with E-state index in [0.29, 0.717) is 15.8 Å². The summed E-state index contributed by atoms with van der Waals surface area (Å²) in [6.45, 7) is 6.34. The molecule has 0 fully saturated rings. The molecule has 0 radical (unpaired) electrons. The van der Waals surface area contributed by atoms with Gasteiger partial charge in [-0.3, -0.25) is 9.59 Å². The average Bonchev–Trinajstić information content (AvgIpc) is 2.80. The fourth-order valence-electron chi connectivity index (χ4n) is 3.26. The Balaban J connectivity index is 2.14. The molecule has 10 heteroatoms. The summed E-state index contributed by atoms with van der Waals surface area (Å²) in [5.41, 5.74) is 1.37. The molecule has 0 amide bonds. The molecule has 192 valence electrons. The molecular weight excluding hydrogens is 519 g/mol. The number of carbonyl (C=O) groups is 2. The molecule has 0 bridgehead atoms. The molecule has 2 rings (SSSR count). The number of benzene rings is 2. The minimum absolute atomic E-state index is 0.0152. The first kappa shape index (κ1) is 29.0. The Morgan fingerprint density at radius 1 is 0.886 bits per heavy atom. The maximum absolute atomic E-state index is 11.2. The van der Waals surface area contributed by atoms with Gasteiger partial charge in [0.05, 0.1) is 22.5 Å². The van der Waals surface area contributed by atoms with Crippen LogP contribution in [-0.4, -0.2) is 55.0 Å². The monoisotopic (exact) mass is 546 g/mol. The Morgan fingerprint density at radius 2 is 1.40 bits per heavy atom. The maximum atomic E-state index is 11.2. The standard InChI is InChI=1S/C25H29Cl3O7/c1-15(30)34-20(11-26)13-33-24-22(27)9-18(10-23(24)28)25(3,4)17-5-7-19(8-6-17)32-14-21(12-29)35-16(2)31/h5-10,20-21,29H,11-14H2,1-4H3/t20-,21-/m1/s1. The van der Waals surface area contributed by atoms with E-state index >= 15 is 0 Å². The summed E-state index contributed by atoms with van der Waals surface area (Å²) in [4.78, 5) is 22.2. The highest BCUT2D eigenvalue weighted by Crippen LogP contribution is 2.40. The lowest BCUT2D eigenvalue weighted by molar-refractivity contribution is -0.150. The van der Waals surface area contributed by atoms with E-state index in [1.807, 2.05) is 26.0 Å². The first-order valence-electron chi connectivity index (χ1n) is 10.8. The molecule has 7 nitrogen and oxygen atoms in total. The van der Waals surface area contributed by atoms with Crippen molar-refractivity contribution in [2.75, 3.05) is 25.7 Å². The largest absolute Gasteiger partial charge is 0.490 e. The Hall–Kier alpha value is -2.19. The predicted molar refractivity (Wildman–Crippen MR) is 135 cm³/mol. The smallest absolute Gasteiger partial charge is 0.303 e. The molecule has 0 saturated heterocycles. The van der Waals surface area contributed by atoms with Crippen molar-refractivity contribution in [3.63, 3.8) is 0 Å². The van der Waals surface area contributed by atoms with Crippen molar-refractivity contribution in [1.29, 1.82) is 0 Å². The van der Waals surface area contributed by atoms with E-state index < -0.39 is 29.6 Å². The molecule has 2 aromatic carbocycles. The van der Waals surface area contributed by atoms with Crippen LogP contribution in [0.2, 0.25) is 10.0 Å². The topological polar surface area (TPSA) is 91.3 Å². The summed E-state index contributed by atoms with van der Waals surface area (Å²) in [7, 11) is 0. The summed E-state index contributed by atoms with van der Waals surface area (Å²) >= 11 is 18.8. The normalized spacial score (nSPS) is 13.0. The Labute approximate surface area is 220 Å². The van der Waals surface area contributed by atoms with Crippen molar-refractivity contribution in [1.82, 2.24) is 0 Å². The number of aliphatic hydroxyl groups excluding tert-OH is 1. The van der Waals surface area contributed by atoms with Crippen LogP contribution in [0.3, 0.4) is 0 Å². The first-order chi connectivity index (χ1) is 16.5. The Kier molecular flexibility index (Phi) is 11.0. The van der Waals surface area contributed by atoms with E-state index in [4.69, 9.17) is 53.8 Å². The van der Waals surface area contributed by atoms with E-state index in [1.54, 1.807) is 24.3 Å². The molecule has 0 heterocycles. The van der Waals surface area contributed by atoms with Gasteiger partial charge in [-0.25, -0.2) is 0 Å². The van der Waals surface area contributed by atoms with Crippen LogP contribution in [0.1, 0.15) is 38.8 Å². The van der Waals surface area contributed by atoms with Crippen LogP contribution in [0.5, 0.6) is 11.5 Å². The third kappa shape index (κ3) is 8.46. The number of esters is 2. The Bertz CT molecular complexity index is 986. The Morgan fingerprint density at radius 3 is 1.89 bits per heavy atom. The minimum atomic E-state index is -0.734. The highest BCUT2D eigenvalue weighted by molar-refractivity contribution is 6.37. The zero-order valence-corrected chi connectivity index (χ0v) is 22.2. The van der Waals surface area contributed by atoms with Crippen LogP contribution in [0, 0.1) is 0 Å². The molecule has 0 aliphatic carbocycles. The fraction of sp³-hybridized carbons (Fsp3) is 0.440. The van der Waals surface area contributed by atoms with E-state index in [9.17, 15) is 14.7 Å². The van der Waals surface area contributed by atoms with Crippen LogP contribution in [0.4, 0.5) is 0 Å². The van der Waals surface area contributed by atoms with Crippen molar-refractivity contribution in [2.45, 2.75) is 45.3 Å². The van der Waals surface area contributed by atoms with Gasteiger partial charge in [0.2, 0.25) is 0 Å². The average molecular weight is 548 g/mol. The van der Waals surface area contributed by atoms with Crippen molar-refractivity contribution in [2.24, 2.45) is 0 Å². The van der Waals surface area contributed by atoms with Crippen molar-refractivity contribution < 1.29 is 33.6 Å². The van der Waals surface area contributed by atoms with E-state index in [1.165, 1.54) is 13.8 Å². The molecule has 0 saturated carbocycles. The van der Waals surface area contributed by atoms with Crippen LogP contribution in [0.15, 0.2) is 36.4 Å². The zero-order chi connectivity index (χ0) is 26.2. The van der Waals surface area contributed by atoms with E-state index in [2.05, 4.69) is 0 Å². The number of hydrogen-bond acceptors (Lipinski definition) is 7. The van der Waals surface area contributed by atoms with Gasteiger partial charge in [-0.2, -0.15) is 0 Å². The lowest BCUT2D eigenvalue weighted by Gasteiger charge is -2.27. The van der Waals surface area contributed by atoms with Crippen LogP contribution >= 0.6 is 34.8 Å². The van der Waals surface area contributed by atoms with Crippen molar-refractivity contribution in [3.05, 3.63) is 57.6 Å². The lowest BCUT2D eigenvalue weighted by atomic mass is 9.78. The zero-order valence-electron chi connectivity index (χ0n) is 20.0. The summed E-state index contributed by atoms with van der Waals surface area (Å²) < 4.78 is 21.4. The second kappa shape index (κ2) is 13.2. The highest BCUT2D eigenvalue weighted by atomic mass is 35.5. The maximum Gasteiger partial charge on any atom is 0.303 e. The summed E-state index contributed by atoms with van der Waals surface area (Å²) in [5, 5.41) is 9.92. The third-order valence-corrected chi connectivity index (χ3v) is 6.09. The minimum Gasteiger partial charge on any atom is -0.490 e. The third-order valence-electron chi connectivity index (χ3n) is 5.19. The van der Waals surface area contributed by atoms with Gasteiger partial charge < -0.3 is 24.1 Å². The molecule has 35 heavy (non-hydrogen) atoms. The first-order valence-corrected chi connectivity index (χ1v) is 12.1. The highest BCUT2D eigenvalue weighted by Gasteiger charge is 2.26. The van der Waals surface area contributed by atoms with Crippen LogP contribution in [-0.2, 0) is 24.5 Å². The van der Waals surface area contributed by atoms with Crippen molar-refractivity contribution >= 4 is 46.7 Å². The van der Waals surface area contributed by atoms with Gasteiger partial charge in [-0.05, 0) is 35.4 Å². The van der Waals surface area contributed by atoms with Crippen LogP contribution < -0.4 is 9.47 Å². The number of hydrogen-bond donors (Lipinski definition) is 1. The quantitative estimate of drug-likeness (QED) is 0.289. The van der Waals surface area contributed by atoms with Gasteiger partial charge in [0.1, 0.15) is 25.1 Å². The molecule has 2 aromatic rings. The molecule has 0 spiro atoms. The molecule has 0 aromatic heterocycles. The molecule has 0 aliphatic heterocycles. The number of ether oxygens (including phenoxy) is 4. The number of halogens is 3. The number of alkyl halides is 1.